The molecule has 0 saturated heterocycles. The molecule has 1 fully saturated rings. The first-order valence-corrected chi connectivity index (χ1v) is 10.0. The molecular weight excluding hydrogens is 336 g/mol. The summed E-state index contributed by atoms with van der Waals surface area (Å²) >= 11 is 0. The molecule has 1 aliphatic carbocycles. The number of hydrogen-bond acceptors (Lipinski definition) is 2. The van der Waals surface area contributed by atoms with Crippen LogP contribution >= 0.6 is 0 Å². The van der Waals surface area contributed by atoms with Crippen LogP contribution in [0.2, 0.25) is 0 Å². The number of nitrogens with two attached hydrogens (primary N) is 1. The predicted octanol–water partition coefficient (Wildman–Crippen LogP) is 5.81. The molecule has 4 heteroatoms. The second-order valence-corrected chi connectivity index (χ2v) is 10.0. The van der Waals surface area contributed by atoms with Gasteiger partial charge in [-0.15, -0.1) is 0 Å². The average Bonchev–Trinajstić information content (AvgIpc) is 2.59. The molecule has 1 amide bonds. The maximum atomic E-state index is 12.1. The molecule has 2 rings (SSSR count). The van der Waals surface area contributed by atoms with E-state index in [0.717, 1.165) is 24.8 Å². The van der Waals surface area contributed by atoms with Crippen LogP contribution in [-0.4, -0.2) is 11.9 Å². The first-order valence-electron chi connectivity index (χ1n) is 10.0. The van der Waals surface area contributed by atoms with Crippen LogP contribution in [0.3, 0.4) is 0 Å². The van der Waals surface area contributed by atoms with Crippen LogP contribution in [0, 0.1) is 28.6 Å². The number of ether oxygens (including phenoxy) is 1. The van der Waals surface area contributed by atoms with Crippen LogP contribution in [0.5, 0.6) is 0 Å². The first-order chi connectivity index (χ1) is 12.5. The number of amidine groups is 1. The molecule has 1 aromatic rings. The minimum absolute atomic E-state index is 0.150. The molecule has 2 N–H and O–H groups in total. The second kappa shape index (κ2) is 8.45. The van der Waals surface area contributed by atoms with Gasteiger partial charge in [0.1, 0.15) is 12.4 Å². The lowest BCUT2D eigenvalue weighted by atomic mass is 9.57. The lowest BCUT2D eigenvalue weighted by Gasteiger charge is -2.48. The van der Waals surface area contributed by atoms with Crippen LogP contribution in [0.4, 0.5) is 4.79 Å². The van der Waals surface area contributed by atoms with Gasteiger partial charge >= 0.3 is 6.09 Å². The largest absolute Gasteiger partial charge is 0.443 e. The maximum Gasteiger partial charge on any atom is 0.435 e. The van der Waals surface area contributed by atoms with Crippen molar-refractivity contribution in [2.45, 2.75) is 67.4 Å². The predicted molar refractivity (Wildman–Crippen MR) is 111 cm³/mol. The zero-order valence-corrected chi connectivity index (χ0v) is 17.8. The Labute approximate surface area is 164 Å². The molecule has 0 radical (unpaired) electrons. The minimum Gasteiger partial charge on any atom is -0.443 e. The van der Waals surface area contributed by atoms with Crippen molar-refractivity contribution in [3.63, 3.8) is 0 Å². The number of carbonyl (C=O) groups excluding carboxylic acids is 1. The Morgan fingerprint density at radius 1 is 1.04 bits per heavy atom. The highest BCUT2D eigenvalue weighted by Crippen LogP contribution is 2.50. The molecule has 4 nitrogen and oxygen atoms in total. The van der Waals surface area contributed by atoms with Gasteiger partial charge in [0.2, 0.25) is 0 Å². The van der Waals surface area contributed by atoms with Crippen molar-refractivity contribution < 1.29 is 9.53 Å². The van der Waals surface area contributed by atoms with Crippen molar-refractivity contribution >= 4 is 11.9 Å². The van der Waals surface area contributed by atoms with Crippen molar-refractivity contribution in [1.29, 1.82) is 0 Å². The Morgan fingerprint density at radius 2 is 1.63 bits per heavy atom. The summed E-state index contributed by atoms with van der Waals surface area (Å²) in [6.45, 7) is 14.1. The summed E-state index contributed by atoms with van der Waals surface area (Å²) in [4.78, 5) is 16.1. The van der Waals surface area contributed by atoms with Gasteiger partial charge in [0.15, 0.2) is 0 Å². The highest BCUT2D eigenvalue weighted by atomic mass is 16.5. The van der Waals surface area contributed by atoms with E-state index in [-0.39, 0.29) is 23.4 Å². The van der Waals surface area contributed by atoms with E-state index in [9.17, 15) is 4.79 Å². The summed E-state index contributed by atoms with van der Waals surface area (Å²) < 4.78 is 5.25. The normalized spacial score (nSPS) is 24.5. The van der Waals surface area contributed by atoms with Gasteiger partial charge in [-0.2, -0.15) is 4.99 Å². The third-order valence-corrected chi connectivity index (χ3v) is 5.92. The molecule has 0 aliphatic heterocycles. The Kier molecular flexibility index (Phi) is 6.72. The van der Waals surface area contributed by atoms with Crippen molar-refractivity contribution in [1.82, 2.24) is 0 Å². The van der Waals surface area contributed by atoms with E-state index in [1.807, 2.05) is 30.3 Å². The van der Waals surface area contributed by atoms with Crippen molar-refractivity contribution in [3.8, 4) is 0 Å². The third kappa shape index (κ3) is 6.08. The monoisotopic (exact) mass is 372 g/mol. The molecule has 3 atom stereocenters. The van der Waals surface area contributed by atoms with Crippen LogP contribution in [0.15, 0.2) is 35.3 Å². The molecule has 3 unspecified atom stereocenters. The summed E-state index contributed by atoms with van der Waals surface area (Å²) in [7, 11) is 0. The van der Waals surface area contributed by atoms with E-state index in [1.54, 1.807) is 0 Å². The van der Waals surface area contributed by atoms with Crippen LogP contribution in [0.1, 0.15) is 66.4 Å². The zero-order chi connectivity index (χ0) is 20.2. The lowest BCUT2D eigenvalue weighted by Crippen LogP contribution is -2.43. The second-order valence-electron chi connectivity index (χ2n) is 10.0. The highest BCUT2D eigenvalue weighted by molar-refractivity contribution is 5.92. The molecule has 1 aromatic carbocycles. The SMILES string of the molecule is CC(C)(C)C1CCC(C(N)=NC(=O)OCc2ccccc2)CC1C(C)(C)C. The Morgan fingerprint density at radius 3 is 2.19 bits per heavy atom. The Bertz CT molecular complexity index is 653. The Hall–Kier alpha value is -1.84. The number of nitrogens with zero attached hydrogens (tertiary/aromatic N) is 1. The van der Waals surface area contributed by atoms with E-state index in [2.05, 4.69) is 46.5 Å². The average molecular weight is 373 g/mol. The number of benzene rings is 1. The highest BCUT2D eigenvalue weighted by Gasteiger charge is 2.43. The molecule has 0 heterocycles. The smallest absolute Gasteiger partial charge is 0.435 e. The van der Waals surface area contributed by atoms with Gasteiger partial charge in [-0.25, -0.2) is 4.79 Å². The van der Waals surface area contributed by atoms with E-state index in [4.69, 9.17) is 10.5 Å². The number of rotatable bonds is 3. The van der Waals surface area contributed by atoms with Gasteiger partial charge in [0, 0.05) is 5.92 Å². The van der Waals surface area contributed by atoms with E-state index in [0.29, 0.717) is 17.7 Å². The molecular formula is C23H36N2O2. The summed E-state index contributed by atoms with van der Waals surface area (Å²) in [5, 5.41) is 0. The summed E-state index contributed by atoms with van der Waals surface area (Å²) in [6, 6.07) is 9.60. The molecule has 0 spiro atoms. The fourth-order valence-corrected chi connectivity index (χ4v) is 4.38. The maximum absolute atomic E-state index is 12.1. The van der Waals surface area contributed by atoms with E-state index < -0.39 is 6.09 Å². The van der Waals surface area contributed by atoms with Gasteiger partial charge in [0.05, 0.1) is 0 Å². The fourth-order valence-electron chi connectivity index (χ4n) is 4.38. The quantitative estimate of drug-likeness (QED) is 0.538. The first kappa shape index (κ1) is 21.5. The molecule has 1 aliphatic rings. The fraction of sp³-hybridized carbons (Fsp3) is 0.652. The van der Waals surface area contributed by atoms with E-state index in [1.165, 1.54) is 0 Å². The molecule has 0 aromatic heterocycles. The van der Waals surface area contributed by atoms with E-state index >= 15 is 0 Å². The van der Waals surface area contributed by atoms with Crippen molar-refractivity contribution in [2.24, 2.45) is 39.3 Å². The number of aliphatic imine (C=N–C) groups is 1. The molecule has 0 bridgehead atoms. The number of carbonyl (C=O) groups is 1. The minimum atomic E-state index is -0.596. The van der Waals surface area contributed by atoms with Gasteiger partial charge in [-0.05, 0) is 47.5 Å². The number of hydrogen-bond donors (Lipinski definition) is 1. The lowest BCUT2D eigenvalue weighted by molar-refractivity contribution is 0.0230. The van der Waals surface area contributed by atoms with Gasteiger partial charge in [-0.1, -0.05) is 71.9 Å². The molecule has 27 heavy (non-hydrogen) atoms. The van der Waals surface area contributed by atoms with Crippen molar-refractivity contribution in [2.75, 3.05) is 0 Å². The third-order valence-electron chi connectivity index (χ3n) is 5.92. The van der Waals surface area contributed by atoms with Crippen molar-refractivity contribution in [3.05, 3.63) is 35.9 Å². The summed E-state index contributed by atoms with van der Waals surface area (Å²) in [5.41, 5.74) is 7.64. The Balaban J connectivity index is 2.02. The van der Waals surface area contributed by atoms with Gasteiger partial charge in [0.25, 0.3) is 0 Å². The van der Waals surface area contributed by atoms with Gasteiger partial charge in [-0.3, -0.25) is 0 Å². The van der Waals surface area contributed by atoms with Crippen LogP contribution in [0.25, 0.3) is 0 Å². The molecule has 1 saturated carbocycles. The zero-order valence-electron chi connectivity index (χ0n) is 17.8. The standard InChI is InChI=1S/C23H36N2O2/c1-22(2,3)18-13-12-17(14-19(18)23(4,5)6)20(24)25-21(26)27-15-16-10-8-7-9-11-16/h7-11,17-19H,12-15H2,1-6H3,(H2,24,25,26). The molecule has 150 valence electrons. The van der Waals surface area contributed by atoms with Crippen LogP contribution < -0.4 is 5.73 Å². The number of amides is 1. The topological polar surface area (TPSA) is 64.7 Å². The van der Waals surface area contributed by atoms with Crippen LogP contribution in [-0.2, 0) is 11.3 Å². The summed E-state index contributed by atoms with van der Waals surface area (Å²) in [6.07, 6.45) is 2.48. The summed E-state index contributed by atoms with van der Waals surface area (Å²) in [5.74, 6) is 1.77. The van der Waals surface area contributed by atoms with Gasteiger partial charge < -0.3 is 10.5 Å².